The van der Waals surface area contributed by atoms with Crippen molar-refractivity contribution in [2.24, 2.45) is 11.8 Å². The van der Waals surface area contributed by atoms with Gasteiger partial charge in [0.05, 0.1) is 26.4 Å². The molecule has 3 unspecified atom stereocenters. The lowest BCUT2D eigenvalue weighted by Crippen LogP contribution is -2.30. The van der Waals surface area contributed by atoms with Crippen molar-refractivity contribution in [1.29, 1.82) is 0 Å². The van der Waals surface area contributed by atoms with E-state index in [0.29, 0.717) is 25.7 Å². The van der Waals surface area contributed by atoms with Crippen molar-refractivity contribution in [2.45, 2.75) is 407 Å². The van der Waals surface area contributed by atoms with Gasteiger partial charge in [0.15, 0.2) is 12.2 Å². The third-order valence-electron chi connectivity index (χ3n) is 17.8. The number of aliphatic hydroxyl groups excluding tert-OH is 1. The Morgan fingerprint density at radius 1 is 0.309 bits per heavy atom. The summed E-state index contributed by atoms with van der Waals surface area (Å²) in [5, 5.41) is 10.6. The maximum absolute atomic E-state index is 13.1. The molecule has 0 amide bonds. The van der Waals surface area contributed by atoms with Gasteiger partial charge in [0.2, 0.25) is 0 Å². The first-order valence-electron chi connectivity index (χ1n) is 39.0. The number of rotatable bonds is 74. The van der Waals surface area contributed by atoms with Crippen molar-refractivity contribution in [3.8, 4) is 0 Å². The van der Waals surface area contributed by atoms with Gasteiger partial charge >= 0.3 is 39.5 Å². The topological polar surface area (TPSA) is 237 Å². The minimum atomic E-state index is -4.96. The quantitative estimate of drug-likeness (QED) is 0.0222. The predicted molar refractivity (Wildman–Crippen MR) is 381 cm³/mol. The zero-order valence-corrected chi connectivity index (χ0v) is 63.1. The predicted octanol–water partition coefficient (Wildman–Crippen LogP) is 21.9. The molecule has 0 radical (unpaired) electrons. The second kappa shape index (κ2) is 66.9. The van der Waals surface area contributed by atoms with E-state index in [4.69, 9.17) is 37.0 Å². The molecule has 0 bridgehead atoms. The number of carbonyl (C=O) groups is 4. The third-order valence-corrected chi connectivity index (χ3v) is 19.7. The fourth-order valence-corrected chi connectivity index (χ4v) is 13.0. The number of aliphatic hydroxyl groups is 1. The van der Waals surface area contributed by atoms with Crippen molar-refractivity contribution in [2.75, 3.05) is 39.6 Å². The first-order valence-corrected chi connectivity index (χ1v) is 42.0. The highest BCUT2D eigenvalue weighted by Gasteiger charge is 2.30. The monoisotopic (exact) mass is 1380 g/mol. The molecule has 94 heavy (non-hydrogen) atoms. The second-order valence-corrected chi connectivity index (χ2v) is 30.7. The summed E-state index contributed by atoms with van der Waals surface area (Å²) in [4.78, 5) is 72.8. The molecular weight excluding hydrogens is 1230 g/mol. The van der Waals surface area contributed by atoms with E-state index < -0.39 is 97.5 Å². The van der Waals surface area contributed by atoms with Gasteiger partial charge in [-0.15, -0.1) is 0 Å². The Labute approximate surface area is 575 Å². The van der Waals surface area contributed by atoms with Crippen LogP contribution < -0.4 is 0 Å². The van der Waals surface area contributed by atoms with Crippen molar-refractivity contribution in [1.82, 2.24) is 0 Å². The number of phosphoric acid groups is 2. The lowest BCUT2D eigenvalue weighted by atomic mass is 9.99. The third kappa shape index (κ3) is 67.3. The highest BCUT2D eigenvalue weighted by Crippen LogP contribution is 2.45. The summed E-state index contributed by atoms with van der Waals surface area (Å²) in [5.74, 6) is -0.604. The zero-order valence-electron chi connectivity index (χ0n) is 61.3. The fraction of sp³-hybridized carbons (Fsp3) is 0.947. The molecule has 17 nitrogen and oxygen atoms in total. The molecule has 0 aliphatic heterocycles. The molecular formula is C75H146O17P2. The van der Waals surface area contributed by atoms with Gasteiger partial charge in [0, 0.05) is 25.7 Å². The standard InChI is InChI=1S/C75H146O17P2/c1-7-10-12-14-16-18-20-22-23-24-25-26-27-29-33-41-47-53-59-74(79)91-70(63-86-73(78)58-52-46-40-34-30-31-37-43-49-55-67(4)5)65-89-93(81,82)87-61-69(76)62-88-94(83,84)90-66-71(92-75(80)60-54-48-42-36-35-38-44-50-56-68(6)9-3)64-85-72(77)57-51-45-39-32-28-21-19-17-15-13-11-8-2/h67-71,76H,7-66H2,1-6H3,(H,81,82)(H,83,84)/t68?,69-,70-,71-/m1/s1. The number of ether oxygens (including phenoxy) is 4. The Hall–Kier alpha value is -1.94. The lowest BCUT2D eigenvalue weighted by molar-refractivity contribution is -0.161. The van der Waals surface area contributed by atoms with Crippen LogP contribution in [0.2, 0.25) is 0 Å². The minimum Gasteiger partial charge on any atom is -0.462 e. The van der Waals surface area contributed by atoms with Gasteiger partial charge in [0.25, 0.3) is 0 Å². The number of unbranched alkanes of at least 4 members (excludes halogenated alkanes) is 43. The molecule has 0 heterocycles. The molecule has 0 aromatic carbocycles. The Kier molecular flexibility index (Phi) is 65.5. The van der Waals surface area contributed by atoms with E-state index in [1.807, 2.05) is 0 Å². The van der Waals surface area contributed by atoms with Gasteiger partial charge in [-0.05, 0) is 37.5 Å². The fourth-order valence-electron chi connectivity index (χ4n) is 11.4. The lowest BCUT2D eigenvalue weighted by Gasteiger charge is -2.21. The van der Waals surface area contributed by atoms with Crippen LogP contribution in [0.15, 0.2) is 0 Å². The van der Waals surface area contributed by atoms with E-state index >= 15 is 0 Å². The van der Waals surface area contributed by atoms with Crippen molar-refractivity contribution in [3.05, 3.63) is 0 Å². The first kappa shape index (κ1) is 92.1. The number of carbonyl (C=O) groups excluding carboxylic acids is 4. The molecule has 6 atom stereocenters. The molecule has 0 aromatic heterocycles. The summed E-state index contributed by atoms with van der Waals surface area (Å²) in [6.07, 6.45) is 54.0. The van der Waals surface area contributed by atoms with Crippen LogP contribution >= 0.6 is 15.6 Å². The molecule has 558 valence electrons. The van der Waals surface area contributed by atoms with E-state index in [-0.39, 0.29) is 25.7 Å². The SMILES string of the molecule is CCCCCCCCCCCCCCCCCCCCC(=O)O[C@H](COC(=O)CCCCCCCCCCCC(C)C)COP(=O)(O)OC[C@@H](O)COP(=O)(O)OC[C@@H](COC(=O)CCCCCCCCCCCCCC)OC(=O)CCCCCCCCCCC(C)CC. The second-order valence-electron chi connectivity index (χ2n) is 27.8. The molecule has 0 saturated heterocycles. The molecule has 0 rings (SSSR count). The van der Waals surface area contributed by atoms with Crippen LogP contribution in [0.1, 0.15) is 388 Å². The van der Waals surface area contributed by atoms with E-state index in [9.17, 15) is 43.2 Å². The van der Waals surface area contributed by atoms with Crippen LogP contribution in [0.4, 0.5) is 0 Å². The molecule has 0 aliphatic rings. The number of hydrogen-bond donors (Lipinski definition) is 3. The average Bonchev–Trinajstić information content (AvgIpc) is 1.81. The minimum absolute atomic E-state index is 0.105. The van der Waals surface area contributed by atoms with Gasteiger partial charge in [0.1, 0.15) is 19.3 Å². The molecule has 3 N–H and O–H groups in total. The average molecular weight is 1380 g/mol. The van der Waals surface area contributed by atoms with Crippen LogP contribution in [0, 0.1) is 11.8 Å². The van der Waals surface area contributed by atoms with E-state index in [0.717, 1.165) is 102 Å². The van der Waals surface area contributed by atoms with Crippen LogP contribution in [-0.4, -0.2) is 96.7 Å². The first-order chi connectivity index (χ1) is 45.4. The Balaban J connectivity index is 5.24. The molecule has 0 aromatic rings. The molecule has 0 aliphatic carbocycles. The van der Waals surface area contributed by atoms with Gasteiger partial charge in [-0.25, -0.2) is 9.13 Å². The van der Waals surface area contributed by atoms with Gasteiger partial charge in [-0.1, -0.05) is 337 Å². The van der Waals surface area contributed by atoms with Crippen LogP contribution in [0.5, 0.6) is 0 Å². The molecule has 19 heteroatoms. The normalized spacial score (nSPS) is 14.3. The van der Waals surface area contributed by atoms with E-state index in [2.05, 4.69) is 41.5 Å². The zero-order chi connectivity index (χ0) is 69.3. The number of phosphoric ester groups is 2. The summed E-state index contributed by atoms with van der Waals surface area (Å²) in [6.45, 7) is 9.57. The van der Waals surface area contributed by atoms with Gasteiger partial charge < -0.3 is 33.8 Å². The molecule has 0 spiro atoms. The summed E-state index contributed by atoms with van der Waals surface area (Å²) < 4.78 is 68.5. The number of hydrogen-bond acceptors (Lipinski definition) is 15. The van der Waals surface area contributed by atoms with E-state index in [1.165, 1.54) is 205 Å². The van der Waals surface area contributed by atoms with Crippen molar-refractivity contribution < 1.29 is 80.2 Å². The van der Waals surface area contributed by atoms with Crippen LogP contribution in [0.25, 0.3) is 0 Å². The maximum atomic E-state index is 13.1. The van der Waals surface area contributed by atoms with Crippen molar-refractivity contribution >= 4 is 39.5 Å². The summed E-state index contributed by atoms with van der Waals surface area (Å²) in [6, 6.07) is 0. The summed E-state index contributed by atoms with van der Waals surface area (Å²) in [5.41, 5.74) is 0. The largest absolute Gasteiger partial charge is 0.472 e. The highest BCUT2D eigenvalue weighted by molar-refractivity contribution is 7.47. The van der Waals surface area contributed by atoms with Gasteiger partial charge in [-0.2, -0.15) is 0 Å². The van der Waals surface area contributed by atoms with Crippen LogP contribution in [0.3, 0.4) is 0 Å². The highest BCUT2D eigenvalue weighted by atomic mass is 31.2. The van der Waals surface area contributed by atoms with Crippen LogP contribution in [-0.2, 0) is 65.4 Å². The maximum Gasteiger partial charge on any atom is 0.472 e. The Morgan fingerprint density at radius 3 is 0.809 bits per heavy atom. The van der Waals surface area contributed by atoms with Crippen molar-refractivity contribution in [3.63, 3.8) is 0 Å². The smallest absolute Gasteiger partial charge is 0.462 e. The summed E-state index contributed by atoms with van der Waals surface area (Å²) >= 11 is 0. The Morgan fingerprint density at radius 2 is 0.543 bits per heavy atom. The Bertz CT molecular complexity index is 1820. The molecule has 0 fully saturated rings. The van der Waals surface area contributed by atoms with E-state index in [1.54, 1.807) is 0 Å². The molecule has 0 saturated carbocycles. The summed E-state index contributed by atoms with van der Waals surface area (Å²) in [7, 11) is -9.91. The number of esters is 4. The van der Waals surface area contributed by atoms with Gasteiger partial charge in [-0.3, -0.25) is 37.3 Å².